The third-order valence-electron chi connectivity index (χ3n) is 3.97. The lowest BCUT2D eigenvalue weighted by Gasteiger charge is -2.30. The van der Waals surface area contributed by atoms with Gasteiger partial charge in [0.25, 0.3) is 0 Å². The van der Waals surface area contributed by atoms with E-state index < -0.39 is 17.9 Å². The van der Waals surface area contributed by atoms with Crippen molar-refractivity contribution in [1.29, 1.82) is 0 Å². The highest BCUT2D eigenvalue weighted by molar-refractivity contribution is 5.99. The summed E-state index contributed by atoms with van der Waals surface area (Å²) in [6.07, 6.45) is 3.27. The number of rotatable bonds is 5. The molecule has 25 heavy (non-hydrogen) atoms. The molecule has 1 unspecified atom stereocenters. The van der Waals surface area contributed by atoms with Crippen LogP contribution in [0, 0.1) is 5.92 Å². The third-order valence-corrected chi connectivity index (χ3v) is 3.97. The van der Waals surface area contributed by atoms with Gasteiger partial charge in [0.1, 0.15) is 0 Å². The highest BCUT2D eigenvalue weighted by Crippen LogP contribution is 2.38. The minimum Gasteiger partial charge on any atom is -0.466 e. The molecule has 0 fully saturated rings. The molecule has 0 aromatic carbocycles. The second kappa shape index (κ2) is 7.96. The maximum Gasteiger partial charge on any atom is 0.336 e. The summed E-state index contributed by atoms with van der Waals surface area (Å²) in [5, 5.41) is 3.10. The van der Waals surface area contributed by atoms with Crippen molar-refractivity contribution in [2.45, 2.75) is 33.6 Å². The molecule has 1 atom stereocenters. The van der Waals surface area contributed by atoms with Gasteiger partial charge >= 0.3 is 11.9 Å². The third kappa shape index (κ3) is 4.07. The molecular weight excluding hydrogens is 320 g/mol. The van der Waals surface area contributed by atoms with Crippen LogP contribution in [0.25, 0.3) is 0 Å². The summed E-state index contributed by atoms with van der Waals surface area (Å²) >= 11 is 0. The number of dihydropyridines is 1. The Morgan fingerprint density at radius 1 is 1.12 bits per heavy atom. The van der Waals surface area contributed by atoms with E-state index in [0.717, 1.165) is 5.56 Å². The van der Waals surface area contributed by atoms with Crippen molar-refractivity contribution in [2.75, 3.05) is 13.7 Å². The Hall–Kier alpha value is -2.63. The number of hydrogen-bond acceptors (Lipinski definition) is 6. The van der Waals surface area contributed by atoms with Crippen LogP contribution in [0.2, 0.25) is 0 Å². The lowest BCUT2D eigenvalue weighted by Crippen LogP contribution is -2.32. The van der Waals surface area contributed by atoms with Crippen molar-refractivity contribution in [1.82, 2.24) is 10.3 Å². The SMILES string of the molecule is COC(=O)C1=C(C)NC(C)=C(C(=O)OCC(C)C)C1c1ccncc1. The van der Waals surface area contributed by atoms with E-state index >= 15 is 0 Å². The first-order valence-corrected chi connectivity index (χ1v) is 8.20. The van der Waals surface area contributed by atoms with E-state index in [1.165, 1.54) is 7.11 Å². The molecule has 0 saturated carbocycles. The number of aromatic nitrogens is 1. The molecule has 6 nitrogen and oxygen atoms in total. The zero-order valence-corrected chi connectivity index (χ0v) is 15.3. The highest BCUT2D eigenvalue weighted by atomic mass is 16.5. The molecule has 0 bridgehead atoms. The molecule has 0 radical (unpaired) electrons. The van der Waals surface area contributed by atoms with Gasteiger partial charge in [0.05, 0.1) is 30.8 Å². The Balaban J connectivity index is 2.53. The summed E-state index contributed by atoms with van der Waals surface area (Å²) < 4.78 is 10.4. The summed E-state index contributed by atoms with van der Waals surface area (Å²) in [7, 11) is 1.33. The first-order chi connectivity index (χ1) is 11.9. The summed E-state index contributed by atoms with van der Waals surface area (Å²) in [4.78, 5) is 29.2. The lowest BCUT2D eigenvalue weighted by molar-refractivity contribution is -0.140. The van der Waals surface area contributed by atoms with Gasteiger partial charge in [-0.15, -0.1) is 0 Å². The van der Waals surface area contributed by atoms with Crippen LogP contribution < -0.4 is 5.32 Å². The fraction of sp³-hybridized carbons (Fsp3) is 0.421. The van der Waals surface area contributed by atoms with Gasteiger partial charge in [-0.05, 0) is 37.5 Å². The first kappa shape index (κ1) is 18.7. The van der Waals surface area contributed by atoms with Crippen molar-refractivity contribution in [2.24, 2.45) is 5.92 Å². The van der Waals surface area contributed by atoms with E-state index in [-0.39, 0.29) is 5.92 Å². The van der Waals surface area contributed by atoms with Crippen molar-refractivity contribution in [3.63, 3.8) is 0 Å². The number of nitrogens with zero attached hydrogens (tertiary/aromatic N) is 1. The minimum absolute atomic E-state index is 0.220. The van der Waals surface area contributed by atoms with Crippen LogP contribution in [0.5, 0.6) is 0 Å². The largest absolute Gasteiger partial charge is 0.466 e. The van der Waals surface area contributed by atoms with Crippen LogP contribution >= 0.6 is 0 Å². The molecule has 1 aliphatic rings. The number of esters is 2. The van der Waals surface area contributed by atoms with Gasteiger partial charge in [0.2, 0.25) is 0 Å². The number of hydrogen-bond donors (Lipinski definition) is 1. The second-order valence-electron chi connectivity index (χ2n) is 6.40. The molecule has 1 aromatic rings. The van der Waals surface area contributed by atoms with Crippen molar-refractivity contribution < 1.29 is 19.1 Å². The smallest absolute Gasteiger partial charge is 0.336 e. The number of ether oxygens (including phenoxy) is 2. The number of methoxy groups -OCH3 is 1. The Morgan fingerprint density at radius 2 is 1.68 bits per heavy atom. The molecule has 0 saturated heterocycles. The van der Waals surface area contributed by atoms with Gasteiger partial charge < -0.3 is 14.8 Å². The molecule has 1 aliphatic heterocycles. The maximum absolute atomic E-state index is 12.7. The zero-order valence-electron chi connectivity index (χ0n) is 15.3. The van der Waals surface area contributed by atoms with Crippen molar-refractivity contribution >= 4 is 11.9 Å². The second-order valence-corrected chi connectivity index (χ2v) is 6.40. The lowest BCUT2D eigenvalue weighted by atomic mass is 9.81. The minimum atomic E-state index is -0.559. The van der Waals surface area contributed by atoms with Crippen LogP contribution in [-0.2, 0) is 19.1 Å². The quantitative estimate of drug-likeness (QED) is 0.828. The standard InChI is InChI=1S/C19H24N2O4/c1-11(2)10-25-19(23)16-13(4)21-12(3)15(18(22)24-5)17(16)14-6-8-20-9-7-14/h6-9,11,17,21H,10H2,1-5H3. The van der Waals surface area contributed by atoms with Crippen LogP contribution in [0.1, 0.15) is 39.2 Å². The van der Waals surface area contributed by atoms with E-state index in [4.69, 9.17) is 9.47 Å². The molecule has 1 aromatic heterocycles. The Kier molecular flexibility index (Phi) is 5.96. The average Bonchev–Trinajstić information content (AvgIpc) is 2.59. The number of allylic oxidation sites excluding steroid dienone is 2. The summed E-state index contributed by atoms with van der Waals surface area (Å²) in [5.41, 5.74) is 2.92. The summed E-state index contributed by atoms with van der Waals surface area (Å²) in [5.74, 6) is -1.25. The number of pyridine rings is 1. The molecule has 2 rings (SSSR count). The number of carbonyl (C=O) groups excluding carboxylic acids is 2. The summed E-state index contributed by atoms with van der Waals surface area (Å²) in [6, 6.07) is 3.57. The maximum atomic E-state index is 12.7. The fourth-order valence-corrected chi connectivity index (χ4v) is 2.85. The van der Waals surface area contributed by atoms with E-state index in [0.29, 0.717) is 29.1 Å². The van der Waals surface area contributed by atoms with Gasteiger partial charge in [-0.2, -0.15) is 0 Å². The normalized spacial score (nSPS) is 17.4. The molecule has 0 aliphatic carbocycles. The van der Waals surface area contributed by atoms with Gasteiger partial charge in [0.15, 0.2) is 0 Å². The summed E-state index contributed by atoms with van der Waals surface area (Å²) in [6.45, 7) is 7.85. The molecule has 1 N–H and O–H groups in total. The van der Waals surface area contributed by atoms with E-state index in [9.17, 15) is 9.59 Å². The van der Waals surface area contributed by atoms with Gasteiger partial charge in [-0.25, -0.2) is 9.59 Å². The number of nitrogens with one attached hydrogen (secondary N) is 1. The topological polar surface area (TPSA) is 77.5 Å². The van der Waals surface area contributed by atoms with Crippen LogP contribution in [0.4, 0.5) is 0 Å². The van der Waals surface area contributed by atoms with E-state index in [2.05, 4.69) is 10.3 Å². The predicted molar refractivity (Wildman–Crippen MR) is 93.3 cm³/mol. The molecular formula is C19H24N2O4. The van der Waals surface area contributed by atoms with E-state index in [1.807, 2.05) is 13.8 Å². The Bertz CT molecular complexity index is 720. The van der Waals surface area contributed by atoms with E-state index in [1.54, 1.807) is 38.4 Å². The number of carbonyl (C=O) groups is 2. The highest BCUT2D eigenvalue weighted by Gasteiger charge is 2.37. The molecule has 2 heterocycles. The van der Waals surface area contributed by atoms with Gasteiger partial charge in [-0.1, -0.05) is 13.8 Å². The van der Waals surface area contributed by atoms with Crippen molar-refractivity contribution in [3.05, 3.63) is 52.6 Å². The Morgan fingerprint density at radius 3 is 2.20 bits per heavy atom. The van der Waals surface area contributed by atoms with Crippen LogP contribution in [0.3, 0.4) is 0 Å². The van der Waals surface area contributed by atoms with Crippen LogP contribution in [-0.4, -0.2) is 30.6 Å². The first-order valence-electron chi connectivity index (χ1n) is 8.20. The zero-order chi connectivity index (χ0) is 18.6. The van der Waals surface area contributed by atoms with Gasteiger partial charge in [0, 0.05) is 23.8 Å². The van der Waals surface area contributed by atoms with Gasteiger partial charge in [-0.3, -0.25) is 4.98 Å². The molecule has 0 amide bonds. The predicted octanol–water partition coefficient (Wildman–Crippen LogP) is 2.69. The molecule has 0 spiro atoms. The average molecular weight is 344 g/mol. The molecule has 134 valence electrons. The fourth-order valence-electron chi connectivity index (χ4n) is 2.85. The monoisotopic (exact) mass is 344 g/mol. The molecule has 6 heteroatoms. The van der Waals surface area contributed by atoms with Crippen LogP contribution in [0.15, 0.2) is 47.1 Å². The van der Waals surface area contributed by atoms with Crippen molar-refractivity contribution in [3.8, 4) is 0 Å². The Labute approximate surface area is 147 Å².